The van der Waals surface area contributed by atoms with Crippen LogP contribution in [0.4, 0.5) is 0 Å². The highest BCUT2D eigenvalue weighted by Crippen LogP contribution is 2.28. The Morgan fingerprint density at radius 2 is 2.26 bits per heavy atom. The number of ether oxygens (including phenoxy) is 2. The molecule has 1 unspecified atom stereocenters. The van der Waals surface area contributed by atoms with E-state index < -0.39 is 0 Å². The lowest BCUT2D eigenvalue weighted by molar-refractivity contribution is -0.123. The minimum Gasteiger partial charge on any atom is -0.493 e. The average molecular weight is 341 g/mol. The summed E-state index contributed by atoms with van der Waals surface area (Å²) < 4.78 is 10.9. The summed E-state index contributed by atoms with van der Waals surface area (Å²) in [6, 6.07) is 6.02. The third-order valence-corrected chi connectivity index (χ3v) is 3.61. The van der Waals surface area contributed by atoms with E-state index in [0.29, 0.717) is 24.1 Å². The molecule has 1 heterocycles. The molecule has 1 aromatic rings. The molecular weight excluding hydrogens is 316 g/mol. The van der Waals surface area contributed by atoms with Gasteiger partial charge in [0.05, 0.1) is 7.11 Å². The largest absolute Gasteiger partial charge is 0.493 e. The van der Waals surface area contributed by atoms with Crippen molar-refractivity contribution in [3.63, 3.8) is 0 Å². The number of hydrogen-bond donors (Lipinski definition) is 2. The highest BCUT2D eigenvalue weighted by Gasteiger charge is 2.15. The summed E-state index contributed by atoms with van der Waals surface area (Å²) in [6.07, 6.45) is 6.22. The normalized spacial score (nSPS) is 16.9. The Bertz CT molecular complexity index is 529. The molecule has 5 nitrogen and oxygen atoms in total. The predicted octanol–water partition coefficient (Wildman–Crippen LogP) is 2.40. The lowest BCUT2D eigenvalue weighted by Crippen LogP contribution is -2.39. The van der Waals surface area contributed by atoms with Crippen molar-refractivity contribution in [3.8, 4) is 11.5 Å². The Kier molecular flexibility index (Phi) is 8.51. The minimum atomic E-state index is -0.117. The van der Waals surface area contributed by atoms with Gasteiger partial charge in [0.1, 0.15) is 0 Å². The number of hydrogen-bond acceptors (Lipinski definition) is 4. The summed E-state index contributed by atoms with van der Waals surface area (Å²) in [7, 11) is 1.59. The number of carbonyl (C=O) groups excluding carboxylic acids is 1. The van der Waals surface area contributed by atoms with Gasteiger partial charge >= 0.3 is 0 Å². The SMILES string of the molecule is C/C=C/c1ccc(OCC(=O)NCC2CCCN2)c(OC)c1.Cl. The highest BCUT2D eigenvalue weighted by atomic mass is 35.5. The predicted molar refractivity (Wildman–Crippen MR) is 94.5 cm³/mol. The van der Waals surface area contributed by atoms with E-state index in [1.54, 1.807) is 7.11 Å². The fraction of sp³-hybridized carbons (Fsp3) is 0.471. The van der Waals surface area contributed by atoms with Crippen LogP contribution in [-0.4, -0.2) is 38.8 Å². The molecule has 6 heteroatoms. The number of allylic oxidation sites excluding steroid dienone is 1. The third-order valence-electron chi connectivity index (χ3n) is 3.61. The first-order chi connectivity index (χ1) is 10.7. The summed E-state index contributed by atoms with van der Waals surface area (Å²) in [5, 5.41) is 6.23. The van der Waals surface area contributed by atoms with Crippen molar-refractivity contribution in [1.29, 1.82) is 0 Å². The van der Waals surface area contributed by atoms with Gasteiger partial charge in [0.15, 0.2) is 18.1 Å². The molecule has 1 aliphatic heterocycles. The molecule has 0 saturated carbocycles. The van der Waals surface area contributed by atoms with Crippen LogP contribution in [0.1, 0.15) is 25.3 Å². The van der Waals surface area contributed by atoms with Gasteiger partial charge in [-0.1, -0.05) is 18.2 Å². The molecule has 2 N–H and O–H groups in total. The maximum atomic E-state index is 11.8. The average Bonchev–Trinajstić information content (AvgIpc) is 3.05. The van der Waals surface area contributed by atoms with Crippen LogP contribution in [0, 0.1) is 0 Å². The fourth-order valence-corrected chi connectivity index (χ4v) is 2.46. The summed E-state index contributed by atoms with van der Waals surface area (Å²) in [6.45, 7) is 3.64. The molecule has 0 bridgehead atoms. The lowest BCUT2D eigenvalue weighted by atomic mass is 10.2. The highest BCUT2D eigenvalue weighted by molar-refractivity contribution is 5.85. The number of amides is 1. The molecule has 1 aromatic carbocycles. The maximum Gasteiger partial charge on any atom is 0.257 e. The zero-order valence-corrected chi connectivity index (χ0v) is 14.4. The van der Waals surface area contributed by atoms with Crippen molar-refractivity contribution in [1.82, 2.24) is 10.6 Å². The van der Waals surface area contributed by atoms with Crippen LogP contribution >= 0.6 is 12.4 Å². The van der Waals surface area contributed by atoms with Crippen LogP contribution in [0.3, 0.4) is 0 Å². The summed E-state index contributed by atoms with van der Waals surface area (Å²) in [4.78, 5) is 11.8. The monoisotopic (exact) mass is 340 g/mol. The molecule has 2 rings (SSSR count). The zero-order chi connectivity index (χ0) is 15.8. The number of carbonyl (C=O) groups is 1. The topological polar surface area (TPSA) is 59.6 Å². The molecule has 0 aromatic heterocycles. The first-order valence-corrected chi connectivity index (χ1v) is 7.66. The van der Waals surface area contributed by atoms with Gasteiger partial charge in [-0.3, -0.25) is 4.79 Å². The fourth-order valence-electron chi connectivity index (χ4n) is 2.46. The Labute approximate surface area is 143 Å². The van der Waals surface area contributed by atoms with E-state index in [0.717, 1.165) is 18.5 Å². The van der Waals surface area contributed by atoms with E-state index in [1.807, 2.05) is 37.3 Å². The van der Waals surface area contributed by atoms with Gasteiger partial charge in [-0.15, -0.1) is 12.4 Å². The molecule has 0 spiro atoms. The Morgan fingerprint density at radius 1 is 1.43 bits per heavy atom. The minimum absolute atomic E-state index is 0. The van der Waals surface area contributed by atoms with E-state index in [1.165, 1.54) is 6.42 Å². The van der Waals surface area contributed by atoms with Gasteiger partial charge in [-0.2, -0.15) is 0 Å². The molecule has 1 atom stereocenters. The van der Waals surface area contributed by atoms with Crippen molar-refractivity contribution in [2.75, 3.05) is 26.8 Å². The Morgan fingerprint density at radius 3 is 2.91 bits per heavy atom. The second-order valence-electron chi connectivity index (χ2n) is 5.30. The summed E-state index contributed by atoms with van der Waals surface area (Å²) in [5.74, 6) is 1.08. The van der Waals surface area contributed by atoms with E-state index in [4.69, 9.17) is 9.47 Å². The Balaban J connectivity index is 0.00000264. The summed E-state index contributed by atoms with van der Waals surface area (Å²) in [5.41, 5.74) is 1.03. The van der Waals surface area contributed by atoms with Crippen LogP contribution in [0.5, 0.6) is 11.5 Å². The standard InChI is InChI=1S/C17H24N2O3.ClH/c1-3-5-13-7-8-15(16(10-13)21-2)22-12-17(20)19-11-14-6-4-9-18-14;/h3,5,7-8,10,14,18H,4,6,9,11-12H2,1-2H3,(H,19,20);1H/b5-3+;. The van der Waals surface area contributed by atoms with Crippen LogP contribution in [0.2, 0.25) is 0 Å². The number of methoxy groups -OCH3 is 1. The van der Waals surface area contributed by atoms with Gasteiger partial charge in [0, 0.05) is 12.6 Å². The van der Waals surface area contributed by atoms with Gasteiger partial charge in [0.25, 0.3) is 5.91 Å². The molecule has 1 fully saturated rings. The van der Waals surface area contributed by atoms with Gasteiger partial charge in [-0.25, -0.2) is 0 Å². The number of benzene rings is 1. The van der Waals surface area contributed by atoms with E-state index >= 15 is 0 Å². The maximum absolute atomic E-state index is 11.8. The van der Waals surface area contributed by atoms with Crippen LogP contribution in [-0.2, 0) is 4.79 Å². The third kappa shape index (κ3) is 6.12. The zero-order valence-electron chi connectivity index (χ0n) is 13.6. The van der Waals surface area contributed by atoms with Crippen molar-refractivity contribution in [2.24, 2.45) is 0 Å². The molecule has 0 aliphatic carbocycles. The van der Waals surface area contributed by atoms with Crippen molar-refractivity contribution in [2.45, 2.75) is 25.8 Å². The lowest BCUT2D eigenvalue weighted by Gasteiger charge is -2.13. The molecule has 128 valence electrons. The van der Waals surface area contributed by atoms with Crippen LogP contribution < -0.4 is 20.1 Å². The molecule has 0 radical (unpaired) electrons. The molecule has 1 aliphatic rings. The molecule has 1 saturated heterocycles. The smallest absolute Gasteiger partial charge is 0.257 e. The van der Waals surface area contributed by atoms with E-state index in [9.17, 15) is 4.79 Å². The Hall–Kier alpha value is -1.72. The van der Waals surface area contributed by atoms with Crippen LogP contribution in [0.25, 0.3) is 6.08 Å². The second-order valence-corrected chi connectivity index (χ2v) is 5.30. The van der Waals surface area contributed by atoms with E-state index in [2.05, 4.69) is 10.6 Å². The number of halogens is 1. The van der Waals surface area contributed by atoms with Gasteiger partial charge in [-0.05, 0) is 44.0 Å². The van der Waals surface area contributed by atoms with Crippen molar-refractivity contribution < 1.29 is 14.3 Å². The van der Waals surface area contributed by atoms with E-state index in [-0.39, 0.29) is 24.9 Å². The summed E-state index contributed by atoms with van der Waals surface area (Å²) >= 11 is 0. The number of nitrogens with one attached hydrogen (secondary N) is 2. The molecular formula is C17H25ClN2O3. The first kappa shape index (κ1) is 19.3. The van der Waals surface area contributed by atoms with Crippen molar-refractivity contribution >= 4 is 24.4 Å². The molecule has 1 amide bonds. The van der Waals surface area contributed by atoms with Gasteiger partial charge in [0.2, 0.25) is 0 Å². The second kappa shape index (κ2) is 10.1. The number of rotatable bonds is 7. The van der Waals surface area contributed by atoms with Crippen molar-refractivity contribution in [3.05, 3.63) is 29.8 Å². The first-order valence-electron chi connectivity index (χ1n) is 7.66. The molecule has 23 heavy (non-hydrogen) atoms. The van der Waals surface area contributed by atoms with Gasteiger partial charge < -0.3 is 20.1 Å². The quantitative estimate of drug-likeness (QED) is 0.800. The van der Waals surface area contributed by atoms with Crippen LogP contribution in [0.15, 0.2) is 24.3 Å².